The molecule has 0 saturated heterocycles. The first-order chi connectivity index (χ1) is 9.15. The van der Waals surface area contributed by atoms with Crippen molar-refractivity contribution < 1.29 is 9.26 Å². The number of hydrogen-bond acceptors (Lipinski definition) is 4. The molecule has 19 heavy (non-hydrogen) atoms. The van der Waals surface area contributed by atoms with Crippen LogP contribution in [0.3, 0.4) is 0 Å². The van der Waals surface area contributed by atoms with Gasteiger partial charge in [-0.1, -0.05) is 30.1 Å². The Labute approximate surface area is 121 Å². The van der Waals surface area contributed by atoms with Gasteiger partial charge in [-0.3, -0.25) is 0 Å². The number of hydrogen-bond donors (Lipinski definition) is 0. The van der Waals surface area contributed by atoms with Crippen molar-refractivity contribution in [3.05, 3.63) is 29.0 Å². The number of aromatic nitrogens is 2. The molecule has 0 aliphatic heterocycles. The van der Waals surface area contributed by atoms with E-state index < -0.39 is 0 Å². The molecule has 2 aromatic rings. The normalized spacial score (nSPS) is 12.4. The molecule has 0 bridgehead atoms. The van der Waals surface area contributed by atoms with E-state index in [0.29, 0.717) is 28.1 Å². The Balaban J connectivity index is 2.32. The van der Waals surface area contributed by atoms with Crippen LogP contribution in [-0.2, 0) is 0 Å². The second-order valence-electron chi connectivity index (χ2n) is 4.06. The topological polar surface area (TPSA) is 48.2 Å². The Hall–Kier alpha value is -1.26. The van der Waals surface area contributed by atoms with Crippen LogP contribution in [0.4, 0.5) is 0 Å². The van der Waals surface area contributed by atoms with Crippen LogP contribution in [0.2, 0.25) is 5.02 Å². The fraction of sp³-hybridized carbons (Fsp3) is 0.385. The van der Waals surface area contributed by atoms with Gasteiger partial charge in [0.25, 0.3) is 5.89 Å². The molecule has 0 radical (unpaired) electrons. The predicted octanol–water partition coefficient (Wildman–Crippen LogP) is 4.48. The Morgan fingerprint density at radius 3 is 2.89 bits per heavy atom. The molecule has 0 fully saturated rings. The lowest BCUT2D eigenvalue weighted by Gasteiger charge is -2.04. The van der Waals surface area contributed by atoms with Crippen LogP contribution in [0.1, 0.15) is 31.0 Å². The zero-order valence-corrected chi connectivity index (χ0v) is 12.2. The number of alkyl halides is 1. The van der Waals surface area contributed by atoms with E-state index in [2.05, 4.69) is 17.1 Å². The second-order valence-corrected chi connectivity index (χ2v) is 5.02. The number of rotatable bonds is 5. The molecule has 0 aliphatic carbocycles. The molecule has 102 valence electrons. The van der Waals surface area contributed by atoms with Crippen molar-refractivity contribution in [1.82, 2.24) is 10.1 Å². The van der Waals surface area contributed by atoms with E-state index in [1.165, 1.54) is 0 Å². The SMILES string of the molecule is CCCC(Cl)c1noc(-c2ccc(Cl)cc2OC)n1. The molecular weight excluding hydrogens is 287 g/mol. The first-order valence-electron chi connectivity index (χ1n) is 5.97. The maximum absolute atomic E-state index is 6.17. The van der Waals surface area contributed by atoms with Crippen LogP contribution in [0.5, 0.6) is 5.75 Å². The maximum Gasteiger partial charge on any atom is 0.261 e. The van der Waals surface area contributed by atoms with Gasteiger partial charge in [-0.15, -0.1) is 11.6 Å². The third-order valence-electron chi connectivity index (χ3n) is 2.66. The van der Waals surface area contributed by atoms with Gasteiger partial charge >= 0.3 is 0 Å². The van der Waals surface area contributed by atoms with E-state index in [-0.39, 0.29) is 5.38 Å². The van der Waals surface area contributed by atoms with E-state index in [0.717, 1.165) is 12.8 Å². The van der Waals surface area contributed by atoms with Gasteiger partial charge in [0, 0.05) is 5.02 Å². The fourth-order valence-electron chi connectivity index (χ4n) is 1.70. The molecule has 6 heteroatoms. The summed E-state index contributed by atoms with van der Waals surface area (Å²) in [6.07, 6.45) is 1.76. The van der Waals surface area contributed by atoms with Crippen LogP contribution in [0, 0.1) is 0 Å². The molecule has 1 aromatic heterocycles. The molecule has 4 nitrogen and oxygen atoms in total. The standard InChI is InChI=1S/C13H14Cl2N2O2/c1-3-4-10(15)12-16-13(19-17-12)9-6-5-8(14)7-11(9)18-2/h5-7,10H,3-4H2,1-2H3. The Kier molecular flexibility index (Phi) is 4.66. The Bertz CT molecular complexity index is 557. The zero-order valence-electron chi connectivity index (χ0n) is 10.7. The van der Waals surface area contributed by atoms with Crippen LogP contribution in [0.15, 0.2) is 22.7 Å². The van der Waals surface area contributed by atoms with Crippen molar-refractivity contribution >= 4 is 23.2 Å². The molecular formula is C13H14Cl2N2O2. The van der Waals surface area contributed by atoms with Crippen molar-refractivity contribution in [3.8, 4) is 17.2 Å². The lowest BCUT2D eigenvalue weighted by atomic mass is 10.2. The zero-order chi connectivity index (χ0) is 13.8. The minimum atomic E-state index is -0.235. The molecule has 1 heterocycles. The van der Waals surface area contributed by atoms with Crippen LogP contribution < -0.4 is 4.74 Å². The minimum Gasteiger partial charge on any atom is -0.496 e. The minimum absolute atomic E-state index is 0.235. The number of nitrogens with zero attached hydrogens (tertiary/aromatic N) is 2. The number of methoxy groups -OCH3 is 1. The average Bonchev–Trinajstić information content (AvgIpc) is 2.88. The van der Waals surface area contributed by atoms with Gasteiger partial charge in [0.05, 0.1) is 18.1 Å². The summed E-state index contributed by atoms with van der Waals surface area (Å²) < 4.78 is 10.5. The van der Waals surface area contributed by atoms with E-state index >= 15 is 0 Å². The number of benzene rings is 1. The average molecular weight is 301 g/mol. The smallest absolute Gasteiger partial charge is 0.261 e. The van der Waals surface area contributed by atoms with Gasteiger partial charge in [0.1, 0.15) is 5.75 Å². The summed E-state index contributed by atoms with van der Waals surface area (Å²) in [6, 6.07) is 5.22. The van der Waals surface area contributed by atoms with E-state index in [1.807, 2.05) is 0 Å². The lowest BCUT2D eigenvalue weighted by molar-refractivity contribution is 0.402. The molecule has 0 N–H and O–H groups in total. The highest BCUT2D eigenvalue weighted by molar-refractivity contribution is 6.30. The highest BCUT2D eigenvalue weighted by atomic mass is 35.5. The van der Waals surface area contributed by atoms with E-state index in [9.17, 15) is 0 Å². The highest BCUT2D eigenvalue weighted by Crippen LogP contribution is 2.33. The first-order valence-corrected chi connectivity index (χ1v) is 6.78. The molecule has 2 rings (SSSR count). The lowest BCUT2D eigenvalue weighted by Crippen LogP contribution is -1.93. The third kappa shape index (κ3) is 3.19. The Morgan fingerprint density at radius 1 is 1.42 bits per heavy atom. The Morgan fingerprint density at radius 2 is 2.21 bits per heavy atom. The summed E-state index contributed by atoms with van der Waals surface area (Å²) >= 11 is 12.1. The summed E-state index contributed by atoms with van der Waals surface area (Å²) in [6.45, 7) is 2.05. The van der Waals surface area contributed by atoms with Crippen LogP contribution >= 0.6 is 23.2 Å². The third-order valence-corrected chi connectivity index (χ3v) is 3.31. The van der Waals surface area contributed by atoms with Crippen LogP contribution in [0.25, 0.3) is 11.5 Å². The monoisotopic (exact) mass is 300 g/mol. The first kappa shape index (κ1) is 14.2. The van der Waals surface area contributed by atoms with Crippen molar-refractivity contribution in [2.45, 2.75) is 25.1 Å². The fourth-order valence-corrected chi connectivity index (χ4v) is 2.16. The van der Waals surface area contributed by atoms with Crippen molar-refractivity contribution in [2.24, 2.45) is 0 Å². The molecule has 0 amide bonds. The summed E-state index contributed by atoms with van der Waals surface area (Å²) in [5.41, 5.74) is 0.700. The summed E-state index contributed by atoms with van der Waals surface area (Å²) in [5, 5.41) is 4.25. The molecule has 0 aliphatic rings. The summed E-state index contributed by atoms with van der Waals surface area (Å²) in [4.78, 5) is 4.30. The van der Waals surface area contributed by atoms with Gasteiger partial charge in [-0.05, 0) is 24.6 Å². The molecule has 1 aromatic carbocycles. The van der Waals surface area contributed by atoms with Gasteiger partial charge in [0.15, 0.2) is 5.82 Å². The molecule has 0 saturated carbocycles. The van der Waals surface area contributed by atoms with Gasteiger partial charge in [-0.2, -0.15) is 4.98 Å². The van der Waals surface area contributed by atoms with Crippen LogP contribution in [-0.4, -0.2) is 17.3 Å². The van der Waals surface area contributed by atoms with Crippen molar-refractivity contribution in [3.63, 3.8) is 0 Å². The molecule has 1 atom stereocenters. The van der Waals surface area contributed by atoms with Gasteiger partial charge in [-0.25, -0.2) is 0 Å². The van der Waals surface area contributed by atoms with Crippen molar-refractivity contribution in [2.75, 3.05) is 7.11 Å². The molecule has 0 spiro atoms. The summed E-state index contributed by atoms with van der Waals surface area (Å²) in [5.74, 6) is 1.46. The summed E-state index contributed by atoms with van der Waals surface area (Å²) in [7, 11) is 1.56. The number of ether oxygens (including phenoxy) is 1. The molecule has 1 unspecified atom stereocenters. The van der Waals surface area contributed by atoms with Crippen molar-refractivity contribution in [1.29, 1.82) is 0 Å². The van der Waals surface area contributed by atoms with E-state index in [1.54, 1.807) is 25.3 Å². The maximum atomic E-state index is 6.17. The highest BCUT2D eigenvalue weighted by Gasteiger charge is 2.18. The second kappa shape index (κ2) is 6.26. The van der Waals surface area contributed by atoms with Gasteiger partial charge < -0.3 is 9.26 Å². The predicted molar refractivity (Wildman–Crippen MR) is 74.8 cm³/mol. The van der Waals surface area contributed by atoms with Gasteiger partial charge in [0.2, 0.25) is 0 Å². The van der Waals surface area contributed by atoms with E-state index in [4.69, 9.17) is 32.5 Å². The quantitative estimate of drug-likeness (QED) is 0.764. The largest absolute Gasteiger partial charge is 0.496 e. The number of halogens is 2.